The molecule has 1 aliphatic carbocycles. The van der Waals surface area contributed by atoms with Crippen molar-refractivity contribution < 1.29 is 9.53 Å². The normalized spacial score (nSPS) is 24.6. The second-order valence-electron chi connectivity index (χ2n) is 4.84. The van der Waals surface area contributed by atoms with Gasteiger partial charge in [0.2, 0.25) is 0 Å². The van der Waals surface area contributed by atoms with E-state index in [9.17, 15) is 4.79 Å². The summed E-state index contributed by atoms with van der Waals surface area (Å²) in [5, 5.41) is 0. The van der Waals surface area contributed by atoms with Crippen LogP contribution in [-0.2, 0) is 22.4 Å². The standard InChI is InChI=1S/C14H16O2/c15-14(12-5-6-16-9-12)13-7-10-3-1-2-4-11(10)8-13/h1-4,12-13H,5-9H2. The van der Waals surface area contributed by atoms with Gasteiger partial charge in [0.05, 0.1) is 6.61 Å². The van der Waals surface area contributed by atoms with Crippen LogP contribution in [0.25, 0.3) is 0 Å². The zero-order valence-electron chi connectivity index (χ0n) is 9.32. The number of ether oxygens (including phenoxy) is 1. The van der Waals surface area contributed by atoms with Crippen molar-refractivity contribution in [1.29, 1.82) is 0 Å². The van der Waals surface area contributed by atoms with Crippen molar-refractivity contribution in [2.75, 3.05) is 13.2 Å². The summed E-state index contributed by atoms with van der Waals surface area (Å²) in [6.45, 7) is 1.40. The second kappa shape index (κ2) is 4.02. The smallest absolute Gasteiger partial charge is 0.142 e. The van der Waals surface area contributed by atoms with Crippen molar-refractivity contribution in [2.45, 2.75) is 19.3 Å². The van der Waals surface area contributed by atoms with E-state index in [0.717, 1.165) is 25.9 Å². The summed E-state index contributed by atoms with van der Waals surface area (Å²) in [5.74, 6) is 0.803. The van der Waals surface area contributed by atoms with Crippen LogP contribution in [0.15, 0.2) is 24.3 Å². The Kier molecular flexibility index (Phi) is 2.52. The molecule has 1 fully saturated rings. The minimum Gasteiger partial charge on any atom is -0.381 e. The van der Waals surface area contributed by atoms with Crippen LogP contribution in [0.3, 0.4) is 0 Å². The number of ketones is 1. The molecule has 0 amide bonds. The van der Waals surface area contributed by atoms with Crippen LogP contribution in [0.5, 0.6) is 0 Å². The third-order valence-corrected chi connectivity index (χ3v) is 3.79. The summed E-state index contributed by atoms with van der Waals surface area (Å²) >= 11 is 0. The van der Waals surface area contributed by atoms with E-state index in [4.69, 9.17) is 4.74 Å². The number of carbonyl (C=O) groups excluding carboxylic acids is 1. The monoisotopic (exact) mass is 216 g/mol. The lowest BCUT2D eigenvalue weighted by Crippen LogP contribution is -2.24. The largest absolute Gasteiger partial charge is 0.381 e. The molecule has 0 N–H and O–H groups in total. The maximum Gasteiger partial charge on any atom is 0.142 e. The Morgan fingerprint density at radius 3 is 2.38 bits per heavy atom. The molecule has 16 heavy (non-hydrogen) atoms. The van der Waals surface area contributed by atoms with Crippen molar-refractivity contribution in [3.05, 3.63) is 35.4 Å². The van der Waals surface area contributed by atoms with Crippen molar-refractivity contribution in [3.8, 4) is 0 Å². The van der Waals surface area contributed by atoms with Crippen LogP contribution in [0.1, 0.15) is 17.5 Å². The Morgan fingerprint density at radius 1 is 1.12 bits per heavy atom. The average molecular weight is 216 g/mol. The molecule has 3 rings (SSSR count). The van der Waals surface area contributed by atoms with Crippen LogP contribution < -0.4 is 0 Å². The molecule has 1 aliphatic heterocycles. The van der Waals surface area contributed by atoms with Crippen LogP contribution in [0.2, 0.25) is 0 Å². The third kappa shape index (κ3) is 1.67. The molecule has 2 aliphatic rings. The van der Waals surface area contributed by atoms with E-state index in [2.05, 4.69) is 24.3 Å². The number of fused-ring (bicyclic) bond motifs is 1. The average Bonchev–Trinajstić information content (AvgIpc) is 2.97. The Bertz CT molecular complexity index is 380. The van der Waals surface area contributed by atoms with Gasteiger partial charge in [0, 0.05) is 18.4 Å². The third-order valence-electron chi connectivity index (χ3n) is 3.79. The fourth-order valence-electron chi connectivity index (χ4n) is 2.85. The molecule has 2 nitrogen and oxygen atoms in total. The van der Waals surface area contributed by atoms with Gasteiger partial charge >= 0.3 is 0 Å². The van der Waals surface area contributed by atoms with Crippen LogP contribution in [0, 0.1) is 11.8 Å². The quantitative estimate of drug-likeness (QED) is 0.756. The predicted molar refractivity (Wildman–Crippen MR) is 61.3 cm³/mol. The molecule has 0 radical (unpaired) electrons. The van der Waals surface area contributed by atoms with E-state index in [1.807, 2.05) is 0 Å². The zero-order valence-corrected chi connectivity index (χ0v) is 9.32. The lowest BCUT2D eigenvalue weighted by Gasteiger charge is -2.12. The fourth-order valence-corrected chi connectivity index (χ4v) is 2.85. The topological polar surface area (TPSA) is 26.3 Å². The van der Waals surface area contributed by atoms with Crippen LogP contribution in [0.4, 0.5) is 0 Å². The Labute approximate surface area is 95.6 Å². The summed E-state index contributed by atoms with van der Waals surface area (Å²) in [5.41, 5.74) is 2.72. The zero-order chi connectivity index (χ0) is 11.0. The van der Waals surface area contributed by atoms with Crippen LogP contribution >= 0.6 is 0 Å². The molecule has 84 valence electrons. The molecule has 2 heteroatoms. The maximum atomic E-state index is 12.2. The first-order chi connectivity index (χ1) is 7.84. The van der Waals surface area contributed by atoms with Crippen molar-refractivity contribution in [2.24, 2.45) is 11.8 Å². The molecule has 1 saturated heterocycles. The summed E-state index contributed by atoms with van der Waals surface area (Å²) in [4.78, 5) is 12.2. The van der Waals surface area contributed by atoms with Gasteiger partial charge in [-0.1, -0.05) is 24.3 Å². The summed E-state index contributed by atoms with van der Waals surface area (Å²) in [6.07, 6.45) is 2.79. The Hall–Kier alpha value is -1.15. The lowest BCUT2D eigenvalue weighted by molar-refractivity contribution is -0.126. The number of hydrogen-bond acceptors (Lipinski definition) is 2. The predicted octanol–water partition coefficient (Wildman–Crippen LogP) is 2.01. The van der Waals surface area contributed by atoms with Gasteiger partial charge in [0.1, 0.15) is 5.78 Å². The molecule has 1 atom stereocenters. The number of hydrogen-bond donors (Lipinski definition) is 0. The van der Waals surface area contributed by atoms with E-state index in [1.165, 1.54) is 11.1 Å². The fraction of sp³-hybridized carbons (Fsp3) is 0.500. The lowest BCUT2D eigenvalue weighted by atomic mass is 9.90. The molecule has 1 aromatic carbocycles. The van der Waals surface area contributed by atoms with Gasteiger partial charge in [0.25, 0.3) is 0 Å². The molecule has 0 saturated carbocycles. The first kappa shape index (κ1) is 10.0. The van der Waals surface area contributed by atoms with Crippen molar-refractivity contribution in [3.63, 3.8) is 0 Å². The first-order valence-electron chi connectivity index (χ1n) is 6.03. The minimum absolute atomic E-state index is 0.166. The van der Waals surface area contributed by atoms with Gasteiger partial charge in [-0.2, -0.15) is 0 Å². The second-order valence-corrected chi connectivity index (χ2v) is 4.84. The molecule has 0 aromatic heterocycles. The Balaban J connectivity index is 1.73. The van der Waals surface area contributed by atoms with Gasteiger partial charge < -0.3 is 4.74 Å². The molecule has 0 spiro atoms. The summed E-state index contributed by atoms with van der Waals surface area (Å²) in [7, 11) is 0. The highest BCUT2D eigenvalue weighted by Crippen LogP contribution is 2.30. The molecular formula is C14H16O2. The Morgan fingerprint density at radius 2 is 1.81 bits per heavy atom. The minimum atomic E-state index is 0.166. The van der Waals surface area contributed by atoms with Crippen molar-refractivity contribution in [1.82, 2.24) is 0 Å². The van der Waals surface area contributed by atoms with E-state index in [-0.39, 0.29) is 11.8 Å². The highest BCUT2D eigenvalue weighted by molar-refractivity contribution is 5.85. The van der Waals surface area contributed by atoms with Gasteiger partial charge in [-0.25, -0.2) is 0 Å². The number of rotatable bonds is 2. The first-order valence-corrected chi connectivity index (χ1v) is 6.03. The maximum absolute atomic E-state index is 12.2. The van der Waals surface area contributed by atoms with Gasteiger partial charge in [-0.05, 0) is 30.4 Å². The van der Waals surface area contributed by atoms with E-state index >= 15 is 0 Å². The van der Waals surface area contributed by atoms with E-state index < -0.39 is 0 Å². The molecule has 1 heterocycles. The highest BCUT2D eigenvalue weighted by atomic mass is 16.5. The number of benzene rings is 1. The molecule has 1 aromatic rings. The number of Topliss-reactive ketones (excluding diaryl/α,β-unsaturated/α-hetero) is 1. The van der Waals surface area contributed by atoms with Crippen LogP contribution in [-0.4, -0.2) is 19.0 Å². The summed E-state index contributed by atoms with van der Waals surface area (Å²) < 4.78 is 5.29. The molecule has 0 bridgehead atoms. The van der Waals surface area contributed by atoms with Crippen molar-refractivity contribution >= 4 is 5.78 Å². The van der Waals surface area contributed by atoms with Gasteiger partial charge in [-0.15, -0.1) is 0 Å². The van der Waals surface area contributed by atoms with Gasteiger partial charge in [0.15, 0.2) is 0 Å². The highest BCUT2D eigenvalue weighted by Gasteiger charge is 2.33. The number of carbonyl (C=O) groups is 1. The van der Waals surface area contributed by atoms with E-state index in [1.54, 1.807) is 0 Å². The molecular weight excluding hydrogens is 200 g/mol. The van der Waals surface area contributed by atoms with E-state index in [0.29, 0.717) is 12.4 Å². The van der Waals surface area contributed by atoms with Gasteiger partial charge in [-0.3, -0.25) is 4.79 Å². The molecule has 1 unspecified atom stereocenters. The SMILES string of the molecule is O=C(C1CCOC1)C1Cc2ccccc2C1. The summed E-state index contributed by atoms with van der Waals surface area (Å²) in [6, 6.07) is 8.41.